The van der Waals surface area contributed by atoms with E-state index in [4.69, 9.17) is 34.8 Å². The molecule has 0 spiro atoms. The Morgan fingerprint density at radius 2 is 0.690 bits per heavy atom. The van der Waals surface area contributed by atoms with Gasteiger partial charge in [0.25, 0.3) is 0 Å². The number of alkyl halides is 3. The molecule has 2 amide bonds. The average Bonchev–Trinajstić information content (AvgIpc) is 2.96. The normalized spacial score (nSPS) is 11.0. The van der Waals surface area contributed by atoms with Crippen molar-refractivity contribution in [2.45, 2.75) is 198 Å². The molecule has 0 aliphatic rings. The van der Waals surface area contributed by atoms with Crippen LogP contribution in [0.1, 0.15) is 194 Å². The number of nitrogens with zero attached hydrogens (tertiary/aromatic N) is 1. The molecule has 252 valence electrons. The molecule has 0 bridgehead atoms. The topological polar surface area (TPSA) is 57.6 Å². The fourth-order valence-corrected chi connectivity index (χ4v) is 5.35. The van der Waals surface area contributed by atoms with Crippen LogP contribution in [0.4, 0.5) is 0 Å². The van der Waals surface area contributed by atoms with Gasteiger partial charge in [0, 0.05) is 12.8 Å². The summed E-state index contributed by atoms with van der Waals surface area (Å²) < 4.78 is -0.750. The standard InChI is InChI=1S/C34H67NO3.CHCl3/c1-3-5-7-9-11-13-15-17-19-21-23-25-27-29-33(37)35(31-32-36)34(38)30-28-26-24-22-20-18-16-14-12-10-8-6-4-2;2-1(3)4/h36H,3-32H2,1-2H3;1H. The Labute approximate surface area is 276 Å². The summed E-state index contributed by atoms with van der Waals surface area (Å²) in [4.78, 5) is 26.5. The first-order valence-electron chi connectivity index (χ1n) is 17.8. The maximum atomic E-state index is 12.6. The molecule has 0 aromatic carbocycles. The number of carbonyl (C=O) groups is 2. The Morgan fingerprint density at radius 3 is 0.905 bits per heavy atom. The number of halogens is 3. The lowest BCUT2D eigenvalue weighted by atomic mass is 10.0. The molecule has 0 heterocycles. The number of hydrogen-bond donors (Lipinski definition) is 1. The molecule has 0 atom stereocenters. The molecule has 0 saturated carbocycles. The van der Waals surface area contributed by atoms with Gasteiger partial charge in [-0.3, -0.25) is 14.5 Å². The van der Waals surface area contributed by atoms with Crippen molar-refractivity contribution in [2.75, 3.05) is 13.2 Å². The van der Waals surface area contributed by atoms with Crippen LogP contribution in [0.15, 0.2) is 0 Å². The third-order valence-electron chi connectivity index (χ3n) is 7.91. The Morgan fingerprint density at radius 1 is 0.476 bits per heavy atom. The fourth-order valence-electron chi connectivity index (χ4n) is 5.35. The molecule has 0 aliphatic heterocycles. The molecule has 0 radical (unpaired) electrons. The maximum absolute atomic E-state index is 12.6. The number of aliphatic hydroxyl groups excluding tert-OH is 1. The van der Waals surface area contributed by atoms with E-state index in [0.29, 0.717) is 12.8 Å². The average molecular weight is 657 g/mol. The zero-order chi connectivity index (χ0) is 31.5. The summed E-state index contributed by atoms with van der Waals surface area (Å²) in [6.45, 7) is 4.54. The second-order valence-corrected chi connectivity index (χ2v) is 13.9. The smallest absolute Gasteiger partial charge is 0.229 e. The van der Waals surface area contributed by atoms with Gasteiger partial charge in [0.1, 0.15) is 0 Å². The van der Waals surface area contributed by atoms with Crippen molar-refractivity contribution < 1.29 is 14.7 Å². The molecule has 4 nitrogen and oxygen atoms in total. The predicted octanol–water partition coefficient (Wildman–Crippen LogP) is 12.3. The van der Waals surface area contributed by atoms with Crippen molar-refractivity contribution in [2.24, 2.45) is 0 Å². The highest BCUT2D eigenvalue weighted by Crippen LogP contribution is 2.15. The largest absolute Gasteiger partial charge is 0.395 e. The lowest BCUT2D eigenvalue weighted by Gasteiger charge is -2.20. The van der Waals surface area contributed by atoms with Crippen LogP contribution in [0.5, 0.6) is 0 Å². The van der Waals surface area contributed by atoms with E-state index in [2.05, 4.69) is 13.8 Å². The summed E-state index contributed by atoms with van der Waals surface area (Å²) >= 11 is 14.4. The van der Waals surface area contributed by atoms with E-state index < -0.39 is 4.30 Å². The minimum Gasteiger partial charge on any atom is -0.395 e. The highest BCUT2D eigenvalue weighted by Gasteiger charge is 2.19. The second kappa shape index (κ2) is 37.2. The quantitative estimate of drug-likeness (QED) is 0.0618. The monoisotopic (exact) mass is 655 g/mol. The summed E-state index contributed by atoms with van der Waals surface area (Å²) in [5.41, 5.74) is 0. The van der Waals surface area contributed by atoms with E-state index in [9.17, 15) is 14.7 Å². The number of aliphatic hydroxyl groups is 1. The van der Waals surface area contributed by atoms with Gasteiger partial charge >= 0.3 is 0 Å². The van der Waals surface area contributed by atoms with E-state index >= 15 is 0 Å². The van der Waals surface area contributed by atoms with Crippen LogP contribution in [0.2, 0.25) is 0 Å². The number of imide groups is 1. The third kappa shape index (κ3) is 36.2. The van der Waals surface area contributed by atoms with Gasteiger partial charge in [0.2, 0.25) is 11.8 Å². The number of hydrogen-bond acceptors (Lipinski definition) is 3. The Balaban J connectivity index is 0. The summed E-state index contributed by atoms with van der Waals surface area (Å²) in [5.74, 6) is -0.191. The molecule has 0 rings (SSSR count). The predicted molar refractivity (Wildman–Crippen MR) is 186 cm³/mol. The van der Waals surface area contributed by atoms with Crippen molar-refractivity contribution in [3.63, 3.8) is 0 Å². The highest BCUT2D eigenvalue weighted by molar-refractivity contribution is 6.63. The number of unbranched alkanes of at least 4 members (excludes halogenated alkanes) is 24. The van der Waals surface area contributed by atoms with Gasteiger partial charge in [-0.2, -0.15) is 0 Å². The SMILES string of the molecule is CCCCCCCCCCCCCCCC(=O)N(CCO)C(=O)CCCCCCCCCCCCCCC.ClC(Cl)Cl. The van der Waals surface area contributed by atoms with Crippen LogP contribution < -0.4 is 0 Å². The minimum absolute atomic E-state index is 0.0955. The summed E-state index contributed by atoms with van der Waals surface area (Å²) in [6.07, 6.45) is 34.1. The number of rotatable bonds is 30. The van der Waals surface area contributed by atoms with Crippen molar-refractivity contribution in [3.05, 3.63) is 0 Å². The summed E-state index contributed by atoms with van der Waals surface area (Å²) in [6, 6.07) is 0. The van der Waals surface area contributed by atoms with Gasteiger partial charge in [-0.1, -0.05) is 203 Å². The Bertz CT molecular complexity index is 519. The Kier molecular flexibility index (Phi) is 39.0. The minimum atomic E-state index is -0.750. The van der Waals surface area contributed by atoms with Crippen molar-refractivity contribution in [3.8, 4) is 0 Å². The Hall–Kier alpha value is -0.0300. The van der Waals surface area contributed by atoms with Gasteiger partial charge in [0.05, 0.1) is 13.2 Å². The molecule has 0 fully saturated rings. The van der Waals surface area contributed by atoms with Crippen LogP contribution in [-0.4, -0.2) is 39.3 Å². The molecule has 0 aliphatic carbocycles. The molecule has 0 saturated heterocycles. The summed E-state index contributed by atoms with van der Waals surface area (Å²) in [5, 5.41) is 9.36. The zero-order valence-electron chi connectivity index (χ0n) is 27.6. The lowest BCUT2D eigenvalue weighted by Crippen LogP contribution is -2.38. The molecular formula is C35H68Cl3NO3. The van der Waals surface area contributed by atoms with Crippen LogP contribution in [0.25, 0.3) is 0 Å². The van der Waals surface area contributed by atoms with E-state index in [1.807, 2.05) is 0 Å². The van der Waals surface area contributed by atoms with Gasteiger partial charge in [-0.05, 0) is 12.8 Å². The van der Waals surface area contributed by atoms with Crippen LogP contribution in [0.3, 0.4) is 0 Å². The van der Waals surface area contributed by atoms with E-state index in [1.165, 1.54) is 146 Å². The van der Waals surface area contributed by atoms with Crippen LogP contribution >= 0.6 is 34.8 Å². The van der Waals surface area contributed by atoms with Crippen molar-refractivity contribution in [1.82, 2.24) is 4.90 Å². The maximum Gasteiger partial charge on any atom is 0.229 e. The molecule has 7 heteroatoms. The molecule has 1 N–H and O–H groups in total. The molecule has 0 aromatic heterocycles. The third-order valence-corrected chi connectivity index (χ3v) is 7.91. The van der Waals surface area contributed by atoms with Crippen molar-refractivity contribution >= 4 is 46.6 Å². The lowest BCUT2D eigenvalue weighted by molar-refractivity contribution is -0.145. The van der Waals surface area contributed by atoms with Crippen LogP contribution in [0, 0.1) is 0 Å². The van der Waals surface area contributed by atoms with Gasteiger partial charge in [0.15, 0.2) is 4.30 Å². The first kappa shape index (κ1) is 44.1. The first-order valence-corrected chi connectivity index (χ1v) is 19.1. The molecule has 42 heavy (non-hydrogen) atoms. The van der Waals surface area contributed by atoms with E-state index in [1.54, 1.807) is 0 Å². The number of carbonyl (C=O) groups excluding carboxylic acids is 2. The van der Waals surface area contributed by atoms with Gasteiger partial charge in [-0.15, -0.1) is 0 Å². The van der Waals surface area contributed by atoms with E-state index in [-0.39, 0.29) is 25.0 Å². The van der Waals surface area contributed by atoms with Crippen molar-refractivity contribution in [1.29, 1.82) is 0 Å². The fraction of sp³-hybridized carbons (Fsp3) is 0.943. The molecule has 0 aromatic rings. The zero-order valence-corrected chi connectivity index (χ0v) is 29.9. The van der Waals surface area contributed by atoms with Gasteiger partial charge in [-0.25, -0.2) is 0 Å². The highest BCUT2D eigenvalue weighted by atomic mass is 35.6. The van der Waals surface area contributed by atoms with Crippen LogP contribution in [-0.2, 0) is 9.59 Å². The van der Waals surface area contributed by atoms with E-state index in [0.717, 1.165) is 25.7 Å². The van der Waals surface area contributed by atoms with Gasteiger partial charge < -0.3 is 5.11 Å². The molecule has 0 unspecified atom stereocenters. The number of amides is 2. The molecular weight excluding hydrogens is 589 g/mol. The summed E-state index contributed by atoms with van der Waals surface area (Å²) in [7, 11) is 0. The second-order valence-electron chi connectivity index (χ2n) is 11.9. The first-order chi connectivity index (χ1) is 20.4.